The molecule has 0 aromatic heterocycles. The quantitative estimate of drug-likeness (QED) is 0.349. The summed E-state index contributed by atoms with van der Waals surface area (Å²) >= 11 is 0. The molecule has 0 fully saturated rings. The van der Waals surface area contributed by atoms with Gasteiger partial charge < -0.3 is 19.6 Å². The minimum atomic E-state index is -5.16. The zero-order chi connectivity index (χ0) is 7.65. The molecule has 0 bridgehead atoms. The second-order valence-electron chi connectivity index (χ2n) is 1.16. The van der Waals surface area contributed by atoms with E-state index in [1.165, 1.54) is 0 Å². The van der Waals surface area contributed by atoms with E-state index in [1.807, 2.05) is 0 Å². The zero-order valence-electron chi connectivity index (χ0n) is 5.97. The molecular weight excluding hydrogens is 198 g/mol. The van der Waals surface area contributed by atoms with Crippen LogP contribution in [0.15, 0.2) is 0 Å². The minimum Gasteiger partial charge on any atom is -0.746 e. The van der Waals surface area contributed by atoms with Gasteiger partial charge in [-0.15, -0.1) is 0 Å². The summed E-state index contributed by atoms with van der Waals surface area (Å²) < 4.78 is 28.6. The number of rotatable bonds is 2. The van der Waals surface area contributed by atoms with E-state index in [9.17, 15) is 22.9 Å². The molecule has 54 valence electrons. The Labute approximate surface area is 107 Å². The maximum Gasteiger partial charge on any atom is 1.00 e. The number of carboxylic acids is 1. The summed E-state index contributed by atoms with van der Waals surface area (Å²) in [6.07, 6.45) is 0. The number of aliphatic carboxylic acids is 1. The van der Waals surface area contributed by atoms with Gasteiger partial charge in [0, 0.05) is 0 Å². The summed E-state index contributed by atoms with van der Waals surface area (Å²) in [4.78, 5) is 9.41. The fraction of sp³-hybridized carbons (Fsp3) is 0.500. The molecule has 0 saturated heterocycles. The van der Waals surface area contributed by atoms with Crippen LogP contribution in [-0.2, 0) is 14.9 Å². The fourth-order valence-electron chi connectivity index (χ4n) is 0.118. The molecule has 1 unspecified atom stereocenters. The molecule has 6 nitrogen and oxygen atoms in total. The van der Waals surface area contributed by atoms with Crippen molar-refractivity contribution in [3.8, 4) is 0 Å². The Morgan fingerprint density at radius 1 is 1.36 bits per heavy atom. The third-order valence-electron chi connectivity index (χ3n) is 0.475. The first kappa shape index (κ1) is 18.2. The number of carbonyl (C=O) groups is 1. The van der Waals surface area contributed by atoms with Gasteiger partial charge in [0.25, 0.3) is 0 Å². The van der Waals surface area contributed by atoms with Crippen LogP contribution in [0.1, 0.15) is 0 Å². The molecule has 0 saturated carbocycles. The molecule has 0 spiro atoms. The van der Waals surface area contributed by atoms with E-state index in [4.69, 9.17) is 5.11 Å². The summed E-state index contributed by atoms with van der Waals surface area (Å²) in [5.41, 5.74) is -2.96. The fourth-order valence-corrected chi connectivity index (χ4v) is 0.354. The first-order chi connectivity index (χ1) is 3.85. The standard InChI is InChI=1S/C2H4O6S.2Na/c3-1(4)2(5)9(6,7)8;;/h2,5H,(H,3,4)(H,6,7,8);;/q;2*+1/p-2. The van der Waals surface area contributed by atoms with E-state index in [0.717, 1.165) is 0 Å². The van der Waals surface area contributed by atoms with E-state index in [1.54, 1.807) is 0 Å². The molecule has 0 aromatic rings. The number of carboxylic acid groups (broad SMARTS) is 1. The Kier molecular flexibility index (Phi) is 11.3. The molecule has 0 aromatic carbocycles. The molecule has 0 aliphatic carbocycles. The summed E-state index contributed by atoms with van der Waals surface area (Å²) in [7, 11) is -5.16. The van der Waals surface area contributed by atoms with Crippen molar-refractivity contribution in [2.24, 2.45) is 0 Å². The van der Waals surface area contributed by atoms with Gasteiger partial charge in [0.2, 0.25) is 0 Å². The van der Waals surface area contributed by atoms with Crippen LogP contribution in [0.5, 0.6) is 0 Å². The Hall–Kier alpha value is 1.34. The molecular formula is C2H2Na2O6S. The largest absolute Gasteiger partial charge is 1.00 e. The van der Waals surface area contributed by atoms with Crippen molar-refractivity contribution in [3.05, 3.63) is 0 Å². The Morgan fingerprint density at radius 3 is 1.64 bits per heavy atom. The molecule has 0 aliphatic heterocycles. The molecule has 11 heavy (non-hydrogen) atoms. The number of carbonyl (C=O) groups excluding carboxylic acids is 1. The molecule has 1 N–H and O–H groups in total. The molecule has 0 heterocycles. The normalized spacial score (nSPS) is 12.2. The minimum absolute atomic E-state index is 0. The predicted molar refractivity (Wildman–Crippen MR) is 20.7 cm³/mol. The molecule has 0 aliphatic rings. The topological polar surface area (TPSA) is 118 Å². The predicted octanol–water partition coefficient (Wildman–Crippen LogP) is -9.39. The zero-order valence-corrected chi connectivity index (χ0v) is 10.8. The Bertz CT molecular complexity index is 209. The average Bonchev–Trinajstić information content (AvgIpc) is 1.62. The third kappa shape index (κ3) is 7.69. The van der Waals surface area contributed by atoms with Crippen LogP contribution in [0.2, 0.25) is 0 Å². The van der Waals surface area contributed by atoms with E-state index in [2.05, 4.69) is 0 Å². The number of aliphatic hydroxyl groups is 1. The molecule has 9 heteroatoms. The monoisotopic (exact) mass is 200 g/mol. The van der Waals surface area contributed by atoms with Crippen LogP contribution in [-0.4, -0.2) is 29.5 Å². The molecule has 0 rings (SSSR count). The number of aliphatic hydroxyl groups excluding tert-OH is 1. The van der Waals surface area contributed by atoms with Crippen LogP contribution >= 0.6 is 0 Å². The molecule has 0 amide bonds. The van der Waals surface area contributed by atoms with Gasteiger partial charge in [0.15, 0.2) is 5.44 Å². The van der Waals surface area contributed by atoms with E-state index in [-0.39, 0.29) is 59.1 Å². The van der Waals surface area contributed by atoms with Gasteiger partial charge in [0.1, 0.15) is 10.1 Å². The summed E-state index contributed by atoms with van der Waals surface area (Å²) in [5, 5.41) is 17.3. The Morgan fingerprint density at radius 2 is 1.64 bits per heavy atom. The SMILES string of the molecule is O=C([O-])C(O)S(=O)(=O)[O-].[Na+].[Na+]. The van der Waals surface area contributed by atoms with Gasteiger partial charge in [-0.05, 0) is 0 Å². The van der Waals surface area contributed by atoms with Crippen LogP contribution in [0.25, 0.3) is 0 Å². The van der Waals surface area contributed by atoms with Crippen LogP contribution in [0, 0.1) is 0 Å². The van der Waals surface area contributed by atoms with Crippen molar-refractivity contribution >= 4 is 16.1 Å². The van der Waals surface area contributed by atoms with Crippen molar-refractivity contribution in [1.29, 1.82) is 0 Å². The molecule has 1 atom stereocenters. The van der Waals surface area contributed by atoms with Gasteiger partial charge in [-0.1, -0.05) is 0 Å². The third-order valence-corrected chi connectivity index (χ3v) is 1.21. The average molecular weight is 200 g/mol. The van der Waals surface area contributed by atoms with Crippen molar-refractivity contribution < 1.29 is 87.1 Å². The van der Waals surface area contributed by atoms with Crippen LogP contribution in [0.4, 0.5) is 0 Å². The number of hydrogen-bond acceptors (Lipinski definition) is 6. The van der Waals surface area contributed by atoms with Gasteiger partial charge in [0.05, 0.1) is 5.97 Å². The van der Waals surface area contributed by atoms with Crippen molar-refractivity contribution in [2.45, 2.75) is 5.44 Å². The maximum atomic E-state index is 9.55. The van der Waals surface area contributed by atoms with Gasteiger partial charge in [-0.2, -0.15) is 0 Å². The van der Waals surface area contributed by atoms with Crippen LogP contribution in [0.3, 0.4) is 0 Å². The Balaban J connectivity index is -0.000000320. The second kappa shape index (κ2) is 6.81. The van der Waals surface area contributed by atoms with Gasteiger partial charge in [-0.25, -0.2) is 8.42 Å². The smallest absolute Gasteiger partial charge is 0.746 e. The van der Waals surface area contributed by atoms with Crippen molar-refractivity contribution in [3.63, 3.8) is 0 Å². The van der Waals surface area contributed by atoms with E-state index < -0.39 is 21.5 Å². The van der Waals surface area contributed by atoms with Gasteiger partial charge in [-0.3, -0.25) is 0 Å². The van der Waals surface area contributed by atoms with Gasteiger partial charge >= 0.3 is 59.1 Å². The first-order valence-electron chi connectivity index (χ1n) is 1.69. The molecule has 0 radical (unpaired) electrons. The number of hydrogen-bond donors (Lipinski definition) is 1. The first-order valence-corrected chi connectivity index (χ1v) is 3.16. The second-order valence-corrected chi connectivity index (χ2v) is 2.60. The van der Waals surface area contributed by atoms with E-state index in [0.29, 0.717) is 0 Å². The summed E-state index contributed by atoms with van der Waals surface area (Å²) in [6.45, 7) is 0. The van der Waals surface area contributed by atoms with Crippen molar-refractivity contribution in [2.75, 3.05) is 0 Å². The van der Waals surface area contributed by atoms with Crippen LogP contribution < -0.4 is 64.2 Å². The van der Waals surface area contributed by atoms with Crippen molar-refractivity contribution in [1.82, 2.24) is 0 Å². The summed E-state index contributed by atoms with van der Waals surface area (Å²) in [5.74, 6) is -2.31. The van der Waals surface area contributed by atoms with E-state index >= 15 is 0 Å². The summed E-state index contributed by atoms with van der Waals surface area (Å²) in [6, 6.07) is 0. The maximum absolute atomic E-state index is 9.55.